The molecule has 1 fully saturated rings. The van der Waals surface area contributed by atoms with Gasteiger partial charge in [-0.15, -0.1) is 0 Å². The third-order valence-corrected chi connectivity index (χ3v) is 3.76. The van der Waals surface area contributed by atoms with E-state index < -0.39 is 0 Å². The van der Waals surface area contributed by atoms with E-state index in [1.165, 1.54) is 5.56 Å². The molecule has 2 heterocycles. The highest BCUT2D eigenvalue weighted by Crippen LogP contribution is 2.17. The zero-order valence-corrected chi connectivity index (χ0v) is 10.8. The number of pyridine rings is 1. The van der Waals surface area contributed by atoms with Gasteiger partial charge in [0.15, 0.2) is 0 Å². The molecule has 0 spiro atoms. The Morgan fingerprint density at radius 2 is 2.24 bits per heavy atom. The fraction of sp³-hybridized carbons (Fsp3) is 0.538. The summed E-state index contributed by atoms with van der Waals surface area (Å²) in [5.41, 5.74) is 6.99. The lowest BCUT2D eigenvalue weighted by Gasteiger charge is -2.31. The molecule has 1 aromatic rings. The molecule has 92 valence electrons. The lowest BCUT2D eigenvalue weighted by molar-refractivity contribution is 0.212. The Morgan fingerprint density at radius 1 is 1.47 bits per heavy atom. The lowest BCUT2D eigenvalue weighted by atomic mass is 9.97. The van der Waals surface area contributed by atoms with Crippen LogP contribution >= 0.6 is 12.2 Å². The molecule has 0 unspecified atom stereocenters. The molecule has 1 aliphatic heterocycles. The molecule has 3 nitrogen and oxygen atoms in total. The summed E-state index contributed by atoms with van der Waals surface area (Å²) < 4.78 is 0. The van der Waals surface area contributed by atoms with Crippen LogP contribution in [0.3, 0.4) is 0 Å². The predicted molar refractivity (Wildman–Crippen MR) is 73.9 cm³/mol. The van der Waals surface area contributed by atoms with Crippen LogP contribution in [0, 0.1) is 5.92 Å². The highest BCUT2D eigenvalue weighted by Gasteiger charge is 2.20. The van der Waals surface area contributed by atoms with Gasteiger partial charge in [-0.25, -0.2) is 0 Å². The van der Waals surface area contributed by atoms with Crippen LogP contribution in [-0.4, -0.2) is 34.5 Å². The van der Waals surface area contributed by atoms with Gasteiger partial charge in [0.05, 0.1) is 4.99 Å². The number of piperidine rings is 1. The summed E-state index contributed by atoms with van der Waals surface area (Å²) in [5.74, 6) is 0.458. The molecule has 1 aromatic heterocycles. The minimum atomic E-state index is 0.458. The second kappa shape index (κ2) is 6.07. The molecule has 0 bridgehead atoms. The monoisotopic (exact) mass is 249 g/mol. The van der Waals surface area contributed by atoms with Gasteiger partial charge >= 0.3 is 0 Å². The zero-order valence-electron chi connectivity index (χ0n) is 10.0. The van der Waals surface area contributed by atoms with Crippen LogP contribution in [0.5, 0.6) is 0 Å². The van der Waals surface area contributed by atoms with Gasteiger partial charge in [-0.3, -0.25) is 4.98 Å². The Hall–Kier alpha value is -1.00. The third-order valence-electron chi connectivity index (χ3n) is 3.43. The molecule has 2 rings (SSSR count). The van der Waals surface area contributed by atoms with Crippen LogP contribution in [0.15, 0.2) is 24.5 Å². The van der Waals surface area contributed by atoms with Crippen molar-refractivity contribution in [1.82, 2.24) is 9.88 Å². The molecule has 17 heavy (non-hydrogen) atoms. The molecule has 4 heteroatoms. The van der Waals surface area contributed by atoms with Crippen molar-refractivity contribution in [2.45, 2.75) is 19.3 Å². The second-order valence-corrected chi connectivity index (χ2v) is 5.10. The topological polar surface area (TPSA) is 42.1 Å². The van der Waals surface area contributed by atoms with Crippen molar-refractivity contribution in [1.29, 1.82) is 0 Å². The molecule has 1 aliphatic rings. The molecule has 0 aliphatic carbocycles. The van der Waals surface area contributed by atoms with E-state index in [4.69, 9.17) is 18.0 Å². The van der Waals surface area contributed by atoms with E-state index >= 15 is 0 Å². The summed E-state index contributed by atoms with van der Waals surface area (Å²) in [6, 6.07) is 4.13. The highest BCUT2D eigenvalue weighted by atomic mass is 32.1. The SMILES string of the molecule is NC(=S)C1CCN(CCc2cccnc2)CC1. The largest absolute Gasteiger partial charge is 0.393 e. The van der Waals surface area contributed by atoms with Gasteiger partial charge in [0.2, 0.25) is 0 Å². The minimum absolute atomic E-state index is 0.458. The van der Waals surface area contributed by atoms with Gasteiger partial charge in [0, 0.05) is 24.9 Å². The van der Waals surface area contributed by atoms with Gasteiger partial charge in [-0.2, -0.15) is 0 Å². The average molecular weight is 249 g/mol. The molecular formula is C13H19N3S. The Morgan fingerprint density at radius 3 is 2.82 bits per heavy atom. The van der Waals surface area contributed by atoms with Crippen molar-refractivity contribution in [3.8, 4) is 0 Å². The van der Waals surface area contributed by atoms with Crippen molar-refractivity contribution < 1.29 is 0 Å². The standard InChI is InChI=1S/C13H19N3S/c14-13(17)12-4-8-16(9-5-12)7-3-11-2-1-6-15-10-11/h1-2,6,10,12H,3-5,7-9H2,(H2,14,17). The molecule has 0 aromatic carbocycles. The number of hydrogen-bond donors (Lipinski definition) is 1. The van der Waals surface area contributed by atoms with Gasteiger partial charge in [0.25, 0.3) is 0 Å². The quantitative estimate of drug-likeness (QED) is 0.824. The van der Waals surface area contributed by atoms with Crippen molar-refractivity contribution in [2.75, 3.05) is 19.6 Å². The van der Waals surface area contributed by atoms with Crippen LogP contribution in [0.2, 0.25) is 0 Å². The summed E-state index contributed by atoms with van der Waals surface area (Å²) in [4.78, 5) is 7.31. The predicted octanol–water partition coefficient (Wildman–Crippen LogP) is 1.62. The maximum absolute atomic E-state index is 5.68. The molecular weight excluding hydrogens is 230 g/mol. The number of nitrogens with two attached hydrogens (primary N) is 1. The molecule has 0 radical (unpaired) electrons. The van der Waals surface area contributed by atoms with E-state index in [9.17, 15) is 0 Å². The lowest BCUT2D eigenvalue weighted by Crippen LogP contribution is -2.38. The van der Waals surface area contributed by atoms with E-state index in [1.807, 2.05) is 18.5 Å². The summed E-state index contributed by atoms with van der Waals surface area (Å²) in [7, 11) is 0. The fourth-order valence-corrected chi connectivity index (χ4v) is 2.51. The molecule has 1 saturated heterocycles. The van der Waals surface area contributed by atoms with Crippen LogP contribution in [0.4, 0.5) is 0 Å². The average Bonchev–Trinajstić information content (AvgIpc) is 2.38. The summed E-state index contributed by atoms with van der Waals surface area (Å²) in [6.07, 6.45) is 7.06. The first-order valence-electron chi connectivity index (χ1n) is 6.16. The maximum atomic E-state index is 5.68. The maximum Gasteiger partial charge on any atom is 0.0759 e. The van der Waals surface area contributed by atoms with Gasteiger partial charge in [-0.1, -0.05) is 18.3 Å². The van der Waals surface area contributed by atoms with E-state index in [2.05, 4.69) is 16.0 Å². The fourth-order valence-electron chi connectivity index (χ4n) is 2.27. The molecule has 0 amide bonds. The Balaban J connectivity index is 1.74. The van der Waals surface area contributed by atoms with E-state index in [0.717, 1.165) is 38.9 Å². The normalized spacial score (nSPS) is 18.1. The second-order valence-electron chi connectivity index (χ2n) is 4.63. The minimum Gasteiger partial charge on any atom is -0.393 e. The first kappa shape index (κ1) is 12.5. The molecule has 0 saturated carbocycles. The summed E-state index contributed by atoms with van der Waals surface area (Å²) >= 11 is 5.05. The number of likely N-dealkylation sites (tertiary alicyclic amines) is 1. The summed E-state index contributed by atoms with van der Waals surface area (Å²) in [6.45, 7) is 3.33. The third kappa shape index (κ3) is 3.75. The van der Waals surface area contributed by atoms with Crippen molar-refractivity contribution in [2.24, 2.45) is 11.7 Å². The Kier molecular flexibility index (Phi) is 4.45. The van der Waals surface area contributed by atoms with Crippen molar-refractivity contribution in [3.63, 3.8) is 0 Å². The number of rotatable bonds is 4. The smallest absolute Gasteiger partial charge is 0.0759 e. The van der Waals surface area contributed by atoms with Crippen LogP contribution < -0.4 is 5.73 Å². The van der Waals surface area contributed by atoms with E-state index in [1.54, 1.807) is 0 Å². The van der Waals surface area contributed by atoms with Gasteiger partial charge in [-0.05, 0) is 44.0 Å². The summed E-state index contributed by atoms with van der Waals surface area (Å²) in [5, 5.41) is 0. The number of hydrogen-bond acceptors (Lipinski definition) is 3. The first-order chi connectivity index (χ1) is 8.25. The number of thiocarbonyl (C=S) groups is 1. The van der Waals surface area contributed by atoms with Gasteiger partial charge in [0.1, 0.15) is 0 Å². The van der Waals surface area contributed by atoms with Crippen LogP contribution in [0.25, 0.3) is 0 Å². The zero-order chi connectivity index (χ0) is 12.1. The highest BCUT2D eigenvalue weighted by molar-refractivity contribution is 7.80. The van der Waals surface area contributed by atoms with Crippen LogP contribution in [0.1, 0.15) is 18.4 Å². The van der Waals surface area contributed by atoms with E-state index in [0.29, 0.717) is 10.9 Å². The first-order valence-corrected chi connectivity index (χ1v) is 6.57. The molecule has 0 atom stereocenters. The van der Waals surface area contributed by atoms with Crippen LogP contribution in [-0.2, 0) is 6.42 Å². The Bertz CT molecular complexity index is 358. The van der Waals surface area contributed by atoms with Crippen molar-refractivity contribution >= 4 is 17.2 Å². The number of aromatic nitrogens is 1. The number of nitrogens with zero attached hydrogens (tertiary/aromatic N) is 2. The van der Waals surface area contributed by atoms with E-state index in [-0.39, 0.29) is 0 Å². The van der Waals surface area contributed by atoms with Crippen molar-refractivity contribution in [3.05, 3.63) is 30.1 Å². The van der Waals surface area contributed by atoms with Gasteiger partial charge < -0.3 is 10.6 Å². The molecule has 2 N–H and O–H groups in total. The Labute approximate surface area is 108 Å².